The maximum atomic E-state index is 14.5. The van der Waals surface area contributed by atoms with Crippen molar-refractivity contribution in [1.29, 1.82) is 0 Å². The van der Waals surface area contributed by atoms with Gasteiger partial charge in [-0.25, -0.2) is 0 Å². The first-order valence-electron chi connectivity index (χ1n) is 14.0. The van der Waals surface area contributed by atoms with E-state index in [0.717, 1.165) is 19.2 Å². The van der Waals surface area contributed by atoms with Gasteiger partial charge in [-0.1, -0.05) is 48.5 Å². The molecule has 2 aromatic carbocycles. The number of hydrogen-bond acceptors (Lipinski definition) is 6. The van der Waals surface area contributed by atoms with Crippen LogP contribution in [0.3, 0.4) is 0 Å². The zero-order valence-corrected chi connectivity index (χ0v) is 23.0. The van der Waals surface area contributed by atoms with Gasteiger partial charge in [-0.05, 0) is 29.9 Å². The Morgan fingerprint density at radius 1 is 1.07 bits per heavy atom. The summed E-state index contributed by atoms with van der Waals surface area (Å²) in [6, 6.07) is 14.7. The lowest BCUT2D eigenvalue weighted by Gasteiger charge is -2.50. The van der Waals surface area contributed by atoms with Crippen LogP contribution in [0.1, 0.15) is 36.3 Å². The number of nitrogens with one attached hydrogen (secondary N) is 2. The number of rotatable bonds is 7. The van der Waals surface area contributed by atoms with Gasteiger partial charge in [0.25, 0.3) is 11.5 Å². The zero-order valence-electron chi connectivity index (χ0n) is 23.0. The number of halogens is 3. The first-order chi connectivity index (χ1) is 19.7. The highest BCUT2D eigenvalue weighted by atomic mass is 19.4. The number of para-hydroxylation sites is 1. The summed E-state index contributed by atoms with van der Waals surface area (Å²) < 4.78 is 60.7. The number of likely N-dealkylation sites (tertiary alicyclic amines) is 1. The van der Waals surface area contributed by atoms with Crippen LogP contribution in [0.5, 0.6) is 5.75 Å². The molecule has 0 saturated carbocycles. The van der Waals surface area contributed by atoms with Crippen LogP contribution in [0.15, 0.2) is 54.6 Å². The van der Waals surface area contributed by atoms with Crippen LogP contribution in [0, 0.1) is 5.41 Å². The molecule has 0 aromatic heterocycles. The molecule has 0 aliphatic carbocycles. The average molecular weight is 576 g/mol. The van der Waals surface area contributed by atoms with Crippen LogP contribution in [-0.4, -0.2) is 82.0 Å². The van der Waals surface area contributed by atoms with Crippen LogP contribution in [0.25, 0.3) is 0 Å². The molecule has 3 aliphatic heterocycles. The summed E-state index contributed by atoms with van der Waals surface area (Å²) in [6.45, 7) is 3.00. The molecule has 2 N–H and O–H groups in total. The van der Waals surface area contributed by atoms with Crippen molar-refractivity contribution in [3.8, 4) is 5.75 Å². The molecule has 0 bridgehead atoms. The molecule has 3 heterocycles. The van der Waals surface area contributed by atoms with Gasteiger partial charge in [-0.3, -0.25) is 9.59 Å². The van der Waals surface area contributed by atoms with E-state index in [9.17, 15) is 22.8 Å². The van der Waals surface area contributed by atoms with E-state index in [0.29, 0.717) is 44.9 Å². The Balaban J connectivity index is 1.38. The molecule has 11 heteroatoms. The normalized spacial score (nSPS) is 24.4. The third-order valence-electron chi connectivity index (χ3n) is 8.71. The van der Waals surface area contributed by atoms with Gasteiger partial charge in [0, 0.05) is 57.7 Å². The quantitative estimate of drug-likeness (QED) is 0.527. The van der Waals surface area contributed by atoms with Crippen LogP contribution >= 0.6 is 0 Å². The van der Waals surface area contributed by atoms with E-state index in [4.69, 9.17) is 14.2 Å². The Labute approximate surface area is 237 Å². The third kappa shape index (κ3) is 5.67. The van der Waals surface area contributed by atoms with E-state index in [1.54, 1.807) is 6.07 Å². The van der Waals surface area contributed by atoms with E-state index in [-0.39, 0.29) is 43.0 Å². The van der Waals surface area contributed by atoms with Gasteiger partial charge in [0.2, 0.25) is 5.91 Å². The third-order valence-corrected chi connectivity index (χ3v) is 8.71. The minimum absolute atomic E-state index is 0.0707. The van der Waals surface area contributed by atoms with Crippen molar-refractivity contribution < 1.29 is 37.0 Å². The van der Waals surface area contributed by atoms with Crippen molar-refractivity contribution in [1.82, 2.24) is 15.5 Å². The predicted octanol–water partition coefficient (Wildman–Crippen LogP) is 3.37. The minimum Gasteiger partial charge on any atom is -0.491 e. The van der Waals surface area contributed by atoms with Crippen molar-refractivity contribution in [2.45, 2.75) is 43.1 Å². The Morgan fingerprint density at radius 2 is 1.78 bits per heavy atom. The molecule has 41 heavy (non-hydrogen) atoms. The summed E-state index contributed by atoms with van der Waals surface area (Å²) in [5, 5.41) is 6.25. The van der Waals surface area contributed by atoms with E-state index in [1.165, 1.54) is 29.2 Å². The monoisotopic (exact) mass is 575 g/mol. The molecule has 3 fully saturated rings. The lowest BCUT2D eigenvalue weighted by atomic mass is 9.62. The van der Waals surface area contributed by atoms with Crippen molar-refractivity contribution in [3.63, 3.8) is 0 Å². The number of morpholine rings is 1. The van der Waals surface area contributed by atoms with E-state index < -0.39 is 23.1 Å². The second-order valence-corrected chi connectivity index (χ2v) is 11.0. The van der Waals surface area contributed by atoms with Gasteiger partial charge in [0.05, 0.1) is 6.61 Å². The van der Waals surface area contributed by atoms with E-state index >= 15 is 0 Å². The van der Waals surface area contributed by atoms with Gasteiger partial charge in [0.15, 0.2) is 0 Å². The molecule has 3 saturated heterocycles. The highest BCUT2D eigenvalue weighted by molar-refractivity contribution is 5.88. The van der Waals surface area contributed by atoms with Gasteiger partial charge in [0.1, 0.15) is 18.5 Å². The Morgan fingerprint density at radius 3 is 2.44 bits per heavy atom. The summed E-state index contributed by atoms with van der Waals surface area (Å²) in [4.78, 5) is 27.5. The number of amides is 2. The highest BCUT2D eigenvalue weighted by Gasteiger charge is 2.64. The molecular formula is C30H36F3N3O5. The van der Waals surface area contributed by atoms with Gasteiger partial charge in [-0.15, -0.1) is 0 Å². The van der Waals surface area contributed by atoms with E-state index in [2.05, 4.69) is 10.6 Å². The zero-order chi connectivity index (χ0) is 29.1. The van der Waals surface area contributed by atoms with Crippen molar-refractivity contribution in [3.05, 3.63) is 65.7 Å². The number of carbonyl (C=O) groups is 2. The number of piperidine rings is 2. The van der Waals surface area contributed by atoms with Crippen molar-refractivity contribution in [2.24, 2.45) is 5.41 Å². The molecule has 3 atom stereocenters. The second-order valence-electron chi connectivity index (χ2n) is 11.0. The molecule has 1 unspecified atom stereocenters. The number of hydrogen-bond donors (Lipinski definition) is 2. The fraction of sp³-hybridized carbons (Fsp3) is 0.533. The molecule has 0 radical (unpaired) electrons. The molecule has 3 aliphatic rings. The minimum atomic E-state index is -4.98. The molecule has 2 amide bonds. The van der Waals surface area contributed by atoms with Gasteiger partial charge < -0.3 is 29.7 Å². The summed E-state index contributed by atoms with van der Waals surface area (Å²) in [5.74, 6) is -0.690. The summed E-state index contributed by atoms with van der Waals surface area (Å²) in [7, 11) is 0.913. The lowest BCUT2D eigenvalue weighted by Crippen LogP contribution is -2.60. The molecular weight excluding hydrogens is 539 g/mol. The van der Waals surface area contributed by atoms with Gasteiger partial charge >= 0.3 is 6.18 Å². The molecule has 5 rings (SSSR count). The number of benzene rings is 2. The number of alkyl halides is 3. The first-order valence-corrected chi connectivity index (χ1v) is 14.0. The van der Waals surface area contributed by atoms with Crippen LogP contribution in [-0.2, 0) is 24.7 Å². The molecule has 8 nitrogen and oxygen atoms in total. The smallest absolute Gasteiger partial charge is 0.430 e. The van der Waals surface area contributed by atoms with Gasteiger partial charge in [-0.2, -0.15) is 13.2 Å². The van der Waals surface area contributed by atoms with Crippen LogP contribution < -0.4 is 15.4 Å². The van der Waals surface area contributed by atoms with Crippen molar-refractivity contribution in [2.75, 3.05) is 53.0 Å². The van der Waals surface area contributed by atoms with Crippen LogP contribution in [0.2, 0.25) is 0 Å². The Hall–Kier alpha value is -3.15. The maximum Gasteiger partial charge on any atom is 0.430 e. The Kier molecular flexibility index (Phi) is 8.58. The molecule has 1 spiro atoms. The highest BCUT2D eigenvalue weighted by Crippen LogP contribution is 2.52. The first kappa shape index (κ1) is 29.3. The molecule has 2 aromatic rings. The second kappa shape index (κ2) is 12.0. The predicted molar refractivity (Wildman–Crippen MR) is 144 cm³/mol. The van der Waals surface area contributed by atoms with Crippen LogP contribution in [0.4, 0.5) is 13.2 Å². The maximum absolute atomic E-state index is 14.5. The topological polar surface area (TPSA) is 89.1 Å². The fourth-order valence-corrected chi connectivity index (χ4v) is 6.49. The molecule has 222 valence electrons. The summed E-state index contributed by atoms with van der Waals surface area (Å²) in [5.41, 5.74) is -2.99. The average Bonchev–Trinajstić information content (AvgIpc) is 2.98. The van der Waals surface area contributed by atoms with Crippen molar-refractivity contribution >= 4 is 11.8 Å². The fourth-order valence-electron chi connectivity index (χ4n) is 6.49. The lowest BCUT2D eigenvalue weighted by molar-refractivity contribution is -0.271. The number of carbonyl (C=O) groups excluding carboxylic acids is 2. The SMILES string of the molecule is CO[C@@](C(=O)N1CCC2(CC1)CC(=O)NC[C@H]2c1ccccc1OCC1CNCCO1)(c1ccccc1)C(F)(F)F. The summed E-state index contributed by atoms with van der Waals surface area (Å²) in [6.07, 6.45) is -4.10. The standard InChI is InChI=1S/C30H36F3N3O5/c1-39-29(30(31,32)33,21-7-3-2-4-8-21)27(38)36-14-11-28(12-15-36)17-26(37)35-19-24(28)23-9-5-6-10-25(23)41-20-22-18-34-13-16-40-22/h2-10,22,24,34H,11-20H2,1H3,(H,35,37)/t22?,24-,29+/m0/s1. The van der Waals surface area contributed by atoms with E-state index in [1.807, 2.05) is 24.3 Å². The summed E-state index contributed by atoms with van der Waals surface area (Å²) >= 11 is 0. The number of methoxy groups -OCH3 is 1. The Bertz CT molecular complexity index is 1210. The number of nitrogens with zero attached hydrogens (tertiary/aromatic N) is 1. The largest absolute Gasteiger partial charge is 0.491 e. The number of ether oxygens (including phenoxy) is 3.